The van der Waals surface area contributed by atoms with E-state index in [2.05, 4.69) is 24.8 Å². The highest BCUT2D eigenvalue weighted by atomic mass is 35.5. The molecule has 7 nitrogen and oxygen atoms in total. The monoisotopic (exact) mass is 442 g/mol. The maximum Gasteiger partial charge on any atom is 0.144 e. The van der Waals surface area contributed by atoms with Gasteiger partial charge < -0.3 is 15.5 Å². The van der Waals surface area contributed by atoms with Crippen molar-refractivity contribution in [3.63, 3.8) is 0 Å². The molecule has 4 rings (SSSR count). The summed E-state index contributed by atoms with van der Waals surface area (Å²) >= 11 is 13.1. The minimum atomic E-state index is 0.382. The zero-order valence-corrected chi connectivity index (χ0v) is 17.9. The van der Waals surface area contributed by atoms with Gasteiger partial charge in [0.15, 0.2) is 0 Å². The number of halogens is 2. The number of hydrogen-bond donors (Lipinski definition) is 1. The van der Waals surface area contributed by atoms with Crippen LogP contribution < -0.4 is 10.6 Å². The Kier molecular flexibility index (Phi) is 5.74. The van der Waals surface area contributed by atoms with E-state index in [0.717, 1.165) is 54.7 Å². The Labute approximate surface area is 184 Å². The molecule has 3 heterocycles. The Bertz CT molecular complexity index is 1140. The predicted molar refractivity (Wildman–Crippen MR) is 121 cm³/mol. The van der Waals surface area contributed by atoms with Crippen LogP contribution in [0.4, 0.5) is 11.6 Å². The Morgan fingerprint density at radius 2 is 1.87 bits per heavy atom. The molecule has 0 saturated carbocycles. The first-order chi connectivity index (χ1) is 14.5. The molecule has 0 radical (unpaired) electrons. The van der Waals surface area contributed by atoms with Crippen molar-refractivity contribution in [3.05, 3.63) is 52.4 Å². The van der Waals surface area contributed by atoms with Crippen molar-refractivity contribution in [3.8, 4) is 11.3 Å². The van der Waals surface area contributed by atoms with Crippen LogP contribution in [-0.2, 0) is 4.79 Å². The van der Waals surface area contributed by atoms with Crippen LogP contribution in [0.1, 0.15) is 5.56 Å². The fraction of sp³-hybridized carbons (Fsp3) is 0.238. The molecule has 2 aromatic heterocycles. The molecule has 0 spiro atoms. The molecule has 0 amide bonds. The Morgan fingerprint density at radius 1 is 1.10 bits per heavy atom. The highest BCUT2D eigenvalue weighted by Gasteiger charge is 2.20. The SMILES string of the molecule is Cc1cc(N)nc(-c2cc3ncnc(N4CCN(C=CC=O)CC4)c3cc2Cl)c1Cl. The van der Waals surface area contributed by atoms with E-state index in [9.17, 15) is 4.79 Å². The smallest absolute Gasteiger partial charge is 0.144 e. The summed E-state index contributed by atoms with van der Waals surface area (Å²) in [5.41, 5.74) is 8.72. The highest BCUT2D eigenvalue weighted by Crippen LogP contribution is 2.38. The number of nitrogens with zero attached hydrogens (tertiary/aromatic N) is 5. The topological polar surface area (TPSA) is 88.2 Å². The molecule has 1 aliphatic rings. The summed E-state index contributed by atoms with van der Waals surface area (Å²) in [6, 6.07) is 5.46. The zero-order chi connectivity index (χ0) is 21.3. The van der Waals surface area contributed by atoms with Crippen molar-refractivity contribution < 1.29 is 4.79 Å². The third-order valence-corrected chi connectivity index (χ3v) is 5.90. The Hall–Kier alpha value is -2.90. The number of fused-ring (bicyclic) bond motifs is 1. The zero-order valence-electron chi connectivity index (χ0n) is 16.3. The molecule has 1 aliphatic heterocycles. The average molecular weight is 443 g/mol. The maximum absolute atomic E-state index is 10.5. The van der Waals surface area contributed by atoms with Crippen molar-refractivity contribution in [2.45, 2.75) is 6.92 Å². The number of rotatable bonds is 4. The molecule has 0 bridgehead atoms. The van der Waals surface area contributed by atoms with Gasteiger partial charge in [0.2, 0.25) is 0 Å². The molecule has 2 N–H and O–H groups in total. The lowest BCUT2D eigenvalue weighted by Crippen LogP contribution is -2.44. The van der Waals surface area contributed by atoms with Gasteiger partial charge in [0.05, 0.1) is 21.3 Å². The lowest BCUT2D eigenvalue weighted by Gasteiger charge is -2.35. The van der Waals surface area contributed by atoms with Crippen molar-refractivity contribution in [2.24, 2.45) is 0 Å². The number of carbonyl (C=O) groups excluding carboxylic acids is 1. The summed E-state index contributed by atoms with van der Waals surface area (Å²) < 4.78 is 0. The number of pyridine rings is 1. The fourth-order valence-electron chi connectivity index (χ4n) is 3.60. The minimum absolute atomic E-state index is 0.382. The van der Waals surface area contributed by atoms with Crippen LogP contribution in [0.5, 0.6) is 0 Å². The summed E-state index contributed by atoms with van der Waals surface area (Å²) in [7, 11) is 0. The van der Waals surface area contributed by atoms with Crippen LogP contribution in [0.15, 0.2) is 36.8 Å². The molecule has 30 heavy (non-hydrogen) atoms. The number of carbonyl (C=O) groups is 1. The van der Waals surface area contributed by atoms with Gasteiger partial charge in [0.1, 0.15) is 24.2 Å². The second kappa shape index (κ2) is 8.45. The molecule has 1 fully saturated rings. The van der Waals surface area contributed by atoms with E-state index in [1.165, 1.54) is 6.08 Å². The largest absolute Gasteiger partial charge is 0.384 e. The predicted octanol–water partition coefficient (Wildman–Crippen LogP) is 3.72. The second-order valence-electron chi connectivity index (χ2n) is 7.07. The van der Waals surface area contributed by atoms with Crippen molar-refractivity contribution >= 4 is 52.0 Å². The first-order valence-electron chi connectivity index (χ1n) is 9.46. The quantitative estimate of drug-likeness (QED) is 0.486. The lowest BCUT2D eigenvalue weighted by atomic mass is 10.1. The summed E-state index contributed by atoms with van der Waals surface area (Å²) in [4.78, 5) is 28.2. The van der Waals surface area contributed by atoms with Crippen LogP contribution in [0, 0.1) is 6.92 Å². The molecular formula is C21H20Cl2N6O. The standard InChI is InChI=1S/C21H20Cl2N6O/c1-13-9-18(24)27-20(19(13)23)14-11-17-15(10-16(14)22)21(26-12-25-17)29-6-4-28(5-7-29)3-2-8-30/h2-3,8-12H,4-7H2,1H3,(H2,24,27). The highest BCUT2D eigenvalue weighted by molar-refractivity contribution is 6.37. The molecule has 1 saturated heterocycles. The average Bonchev–Trinajstić information content (AvgIpc) is 2.74. The number of piperazine rings is 1. The van der Waals surface area contributed by atoms with Gasteiger partial charge in [-0.3, -0.25) is 4.79 Å². The van der Waals surface area contributed by atoms with Crippen LogP contribution in [0.2, 0.25) is 10.0 Å². The van der Waals surface area contributed by atoms with Gasteiger partial charge in [0, 0.05) is 43.3 Å². The molecule has 3 aromatic rings. The Morgan fingerprint density at radius 3 is 2.60 bits per heavy atom. The van der Waals surface area contributed by atoms with Gasteiger partial charge in [-0.2, -0.15) is 0 Å². The number of nitrogen functional groups attached to an aromatic ring is 1. The van der Waals surface area contributed by atoms with Gasteiger partial charge in [-0.25, -0.2) is 15.0 Å². The van der Waals surface area contributed by atoms with Crippen LogP contribution in [0.3, 0.4) is 0 Å². The van der Waals surface area contributed by atoms with Gasteiger partial charge in [-0.05, 0) is 36.8 Å². The second-order valence-corrected chi connectivity index (χ2v) is 7.86. The van der Waals surface area contributed by atoms with Crippen molar-refractivity contribution in [2.75, 3.05) is 36.8 Å². The van der Waals surface area contributed by atoms with E-state index >= 15 is 0 Å². The molecular weight excluding hydrogens is 423 g/mol. The fourth-order valence-corrected chi connectivity index (χ4v) is 4.05. The summed E-state index contributed by atoms with van der Waals surface area (Å²) in [6.45, 7) is 5.02. The first-order valence-corrected chi connectivity index (χ1v) is 10.2. The van der Waals surface area contributed by atoms with Crippen LogP contribution in [0.25, 0.3) is 22.2 Å². The van der Waals surface area contributed by atoms with E-state index in [4.69, 9.17) is 28.9 Å². The number of aromatic nitrogens is 3. The number of benzene rings is 1. The summed E-state index contributed by atoms with van der Waals surface area (Å²) in [5, 5.41) is 1.88. The van der Waals surface area contributed by atoms with Gasteiger partial charge >= 0.3 is 0 Å². The third kappa shape index (κ3) is 3.91. The Balaban J connectivity index is 1.72. The maximum atomic E-state index is 10.5. The van der Waals surface area contributed by atoms with E-state index in [0.29, 0.717) is 27.1 Å². The third-order valence-electron chi connectivity index (χ3n) is 5.11. The summed E-state index contributed by atoms with van der Waals surface area (Å²) in [6.07, 6.45) is 5.66. The van der Waals surface area contributed by atoms with Crippen molar-refractivity contribution in [1.29, 1.82) is 0 Å². The molecule has 1 aromatic carbocycles. The number of allylic oxidation sites excluding steroid dienone is 1. The number of aldehydes is 1. The lowest BCUT2D eigenvalue weighted by molar-refractivity contribution is -0.104. The number of hydrogen-bond acceptors (Lipinski definition) is 7. The first kappa shape index (κ1) is 20.4. The van der Waals surface area contributed by atoms with Crippen LogP contribution in [-0.4, -0.2) is 52.3 Å². The normalized spacial score (nSPS) is 14.6. The minimum Gasteiger partial charge on any atom is -0.384 e. The van der Waals surface area contributed by atoms with Gasteiger partial charge in [0.25, 0.3) is 0 Å². The molecule has 154 valence electrons. The number of aryl methyl sites for hydroxylation is 1. The van der Waals surface area contributed by atoms with E-state index in [1.54, 1.807) is 12.4 Å². The van der Waals surface area contributed by atoms with Crippen LogP contribution >= 0.6 is 23.2 Å². The van der Waals surface area contributed by atoms with E-state index in [1.807, 2.05) is 25.3 Å². The van der Waals surface area contributed by atoms with Gasteiger partial charge in [-0.15, -0.1) is 0 Å². The van der Waals surface area contributed by atoms with Crippen molar-refractivity contribution in [1.82, 2.24) is 19.9 Å². The van der Waals surface area contributed by atoms with E-state index in [-0.39, 0.29) is 0 Å². The molecule has 0 atom stereocenters. The summed E-state index contributed by atoms with van der Waals surface area (Å²) in [5.74, 6) is 1.21. The molecule has 0 aliphatic carbocycles. The number of nitrogens with two attached hydrogens (primary N) is 1. The van der Waals surface area contributed by atoms with E-state index < -0.39 is 0 Å². The van der Waals surface area contributed by atoms with Gasteiger partial charge in [-0.1, -0.05) is 23.2 Å². The molecule has 9 heteroatoms. The molecule has 0 unspecified atom stereocenters. The number of anilines is 2.